The summed E-state index contributed by atoms with van der Waals surface area (Å²) in [5.41, 5.74) is 3.71. The number of carboxylic acid groups (broad SMARTS) is 1. The van der Waals surface area contributed by atoms with Gasteiger partial charge in [-0.05, 0) is 49.2 Å². The van der Waals surface area contributed by atoms with Crippen LogP contribution in [0.2, 0.25) is 0 Å². The lowest BCUT2D eigenvalue weighted by Crippen LogP contribution is -2.01. The van der Waals surface area contributed by atoms with E-state index in [4.69, 9.17) is 14.6 Å². The van der Waals surface area contributed by atoms with Gasteiger partial charge in [-0.2, -0.15) is 5.10 Å². The van der Waals surface area contributed by atoms with Crippen LogP contribution in [0.15, 0.2) is 41.6 Å². The molecule has 0 saturated heterocycles. The van der Waals surface area contributed by atoms with Crippen molar-refractivity contribution >= 4 is 18.0 Å². The number of hydrazone groups is 1. The van der Waals surface area contributed by atoms with E-state index in [2.05, 4.69) is 15.5 Å². The molecule has 0 amide bonds. The van der Waals surface area contributed by atoms with Gasteiger partial charge in [0.1, 0.15) is 5.82 Å². The monoisotopic (exact) mass is 343 g/mol. The van der Waals surface area contributed by atoms with Gasteiger partial charge in [0.05, 0.1) is 25.0 Å². The van der Waals surface area contributed by atoms with E-state index in [-0.39, 0.29) is 5.56 Å². The van der Waals surface area contributed by atoms with Crippen LogP contribution >= 0.6 is 0 Å². The van der Waals surface area contributed by atoms with E-state index in [0.29, 0.717) is 30.5 Å². The first kappa shape index (κ1) is 18.3. The summed E-state index contributed by atoms with van der Waals surface area (Å²) in [4.78, 5) is 14.8. The number of hydrogen-bond acceptors (Lipinski definition) is 6. The molecule has 2 aromatic rings. The third-order valence-corrected chi connectivity index (χ3v) is 3.13. The fourth-order valence-corrected chi connectivity index (χ4v) is 1.96. The molecular weight excluding hydrogens is 322 g/mol. The molecule has 0 spiro atoms. The molecule has 0 aliphatic heterocycles. The number of benzene rings is 1. The highest BCUT2D eigenvalue weighted by molar-refractivity contribution is 5.87. The molecular formula is C18H21N3O4. The summed E-state index contributed by atoms with van der Waals surface area (Å²) in [5.74, 6) is 0.814. The summed E-state index contributed by atoms with van der Waals surface area (Å²) in [6.07, 6.45) is 3.82. The van der Waals surface area contributed by atoms with Crippen molar-refractivity contribution in [3.05, 3.63) is 47.7 Å². The first-order valence-corrected chi connectivity index (χ1v) is 8.02. The molecule has 0 unspecified atom stereocenters. The maximum absolute atomic E-state index is 10.8. The smallest absolute Gasteiger partial charge is 0.337 e. The van der Waals surface area contributed by atoms with Crippen LogP contribution in [-0.4, -0.2) is 35.5 Å². The predicted octanol–water partition coefficient (Wildman–Crippen LogP) is 3.41. The van der Waals surface area contributed by atoms with Crippen LogP contribution in [0.4, 0.5) is 5.82 Å². The second-order valence-electron chi connectivity index (χ2n) is 5.09. The van der Waals surface area contributed by atoms with Crippen LogP contribution in [0.25, 0.3) is 0 Å². The second kappa shape index (κ2) is 9.27. The zero-order chi connectivity index (χ0) is 18.1. The number of carbonyl (C=O) groups is 1. The Morgan fingerprint density at radius 2 is 2.08 bits per heavy atom. The van der Waals surface area contributed by atoms with Gasteiger partial charge >= 0.3 is 5.97 Å². The molecule has 1 aromatic heterocycles. The molecule has 0 aliphatic rings. The average molecular weight is 343 g/mol. The van der Waals surface area contributed by atoms with Gasteiger partial charge in [0.15, 0.2) is 11.5 Å². The molecule has 7 nitrogen and oxygen atoms in total. The minimum absolute atomic E-state index is 0.124. The second-order valence-corrected chi connectivity index (χ2v) is 5.09. The highest BCUT2D eigenvalue weighted by atomic mass is 16.5. The summed E-state index contributed by atoms with van der Waals surface area (Å²) in [6.45, 7) is 5.14. The molecule has 0 atom stereocenters. The van der Waals surface area contributed by atoms with Crippen molar-refractivity contribution in [1.82, 2.24) is 4.98 Å². The highest BCUT2D eigenvalue weighted by Gasteiger charge is 2.06. The fraction of sp³-hybridized carbons (Fsp3) is 0.278. The van der Waals surface area contributed by atoms with Gasteiger partial charge in [0, 0.05) is 6.20 Å². The van der Waals surface area contributed by atoms with Gasteiger partial charge in [-0.1, -0.05) is 6.92 Å². The van der Waals surface area contributed by atoms with Crippen molar-refractivity contribution in [1.29, 1.82) is 0 Å². The molecule has 0 aliphatic carbocycles. The van der Waals surface area contributed by atoms with Crippen molar-refractivity contribution in [3.8, 4) is 11.5 Å². The molecule has 7 heteroatoms. The number of ether oxygens (including phenoxy) is 2. The molecule has 2 rings (SSSR count). The summed E-state index contributed by atoms with van der Waals surface area (Å²) in [7, 11) is 0. The Hall–Kier alpha value is -3.09. The molecule has 0 bridgehead atoms. The molecule has 2 N–H and O–H groups in total. The van der Waals surface area contributed by atoms with Crippen LogP contribution in [0.5, 0.6) is 11.5 Å². The standard InChI is InChI=1S/C18H21N3O4/c1-3-9-25-15-7-5-13(10-16(15)24-4-2)11-20-21-17-8-6-14(12-19-17)18(22)23/h5-8,10-12H,3-4,9H2,1-2H3,(H,19,21)(H,22,23)/b20-11+. The van der Waals surface area contributed by atoms with E-state index >= 15 is 0 Å². The quantitative estimate of drug-likeness (QED) is 0.535. The normalized spacial score (nSPS) is 10.6. The number of carboxylic acids is 1. The number of pyridine rings is 1. The van der Waals surface area contributed by atoms with E-state index in [0.717, 1.165) is 12.0 Å². The first-order chi connectivity index (χ1) is 12.1. The molecule has 0 saturated carbocycles. The lowest BCUT2D eigenvalue weighted by Gasteiger charge is -2.11. The minimum atomic E-state index is -1.02. The van der Waals surface area contributed by atoms with Crippen LogP contribution in [0, 0.1) is 0 Å². The van der Waals surface area contributed by atoms with Crippen LogP contribution in [0.3, 0.4) is 0 Å². The number of rotatable bonds is 9. The Labute approximate surface area is 146 Å². The molecule has 1 heterocycles. The van der Waals surface area contributed by atoms with E-state index < -0.39 is 5.97 Å². The minimum Gasteiger partial charge on any atom is -0.490 e. The maximum Gasteiger partial charge on any atom is 0.337 e. The molecule has 0 fully saturated rings. The Morgan fingerprint density at radius 1 is 1.24 bits per heavy atom. The van der Waals surface area contributed by atoms with E-state index in [9.17, 15) is 4.79 Å². The number of nitrogens with zero attached hydrogens (tertiary/aromatic N) is 2. The Bertz CT molecular complexity index is 730. The third kappa shape index (κ3) is 5.49. The van der Waals surface area contributed by atoms with Crippen molar-refractivity contribution in [3.63, 3.8) is 0 Å². The largest absolute Gasteiger partial charge is 0.490 e. The van der Waals surface area contributed by atoms with E-state index in [1.807, 2.05) is 32.0 Å². The van der Waals surface area contributed by atoms with Gasteiger partial charge in [-0.25, -0.2) is 9.78 Å². The zero-order valence-electron chi connectivity index (χ0n) is 14.2. The SMILES string of the molecule is CCCOc1ccc(/C=N/Nc2ccc(C(=O)O)cn2)cc1OCC. The lowest BCUT2D eigenvalue weighted by molar-refractivity contribution is 0.0696. The Balaban J connectivity index is 2.04. The molecule has 1 aromatic carbocycles. The molecule has 0 radical (unpaired) electrons. The van der Waals surface area contributed by atoms with E-state index in [1.54, 1.807) is 12.3 Å². The fourth-order valence-electron chi connectivity index (χ4n) is 1.96. The Kier molecular flexibility index (Phi) is 6.76. The van der Waals surface area contributed by atoms with Gasteiger partial charge in [-0.15, -0.1) is 0 Å². The third-order valence-electron chi connectivity index (χ3n) is 3.13. The topological polar surface area (TPSA) is 93.0 Å². The van der Waals surface area contributed by atoms with Crippen molar-refractivity contribution in [2.45, 2.75) is 20.3 Å². The summed E-state index contributed by atoms with van der Waals surface area (Å²) in [5, 5.41) is 12.9. The van der Waals surface area contributed by atoms with Gasteiger partial charge < -0.3 is 14.6 Å². The first-order valence-electron chi connectivity index (χ1n) is 8.02. The zero-order valence-corrected chi connectivity index (χ0v) is 14.2. The van der Waals surface area contributed by atoms with Crippen molar-refractivity contribution < 1.29 is 19.4 Å². The number of aromatic nitrogens is 1. The van der Waals surface area contributed by atoms with Crippen LogP contribution < -0.4 is 14.9 Å². The van der Waals surface area contributed by atoms with Gasteiger partial charge in [-0.3, -0.25) is 5.43 Å². The number of nitrogens with one attached hydrogen (secondary N) is 1. The maximum atomic E-state index is 10.8. The van der Waals surface area contributed by atoms with Crippen LogP contribution in [-0.2, 0) is 0 Å². The summed E-state index contributed by atoms with van der Waals surface area (Å²) in [6, 6.07) is 8.58. The van der Waals surface area contributed by atoms with Crippen molar-refractivity contribution in [2.24, 2.45) is 5.10 Å². The lowest BCUT2D eigenvalue weighted by atomic mass is 10.2. The number of anilines is 1. The number of aromatic carboxylic acids is 1. The summed E-state index contributed by atoms with van der Waals surface area (Å²) >= 11 is 0. The highest BCUT2D eigenvalue weighted by Crippen LogP contribution is 2.28. The van der Waals surface area contributed by atoms with E-state index in [1.165, 1.54) is 12.3 Å². The van der Waals surface area contributed by atoms with Gasteiger partial charge in [0.2, 0.25) is 0 Å². The average Bonchev–Trinajstić information content (AvgIpc) is 2.62. The predicted molar refractivity (Wildman–Crippen MR) is 95.8 cm³/mol. The van der Waals surface area contributed by atoms with Crippen molar-refractivity contribution in [2.75, 3.05) is 18.6 Å². The number of hydrogen-bond donors (Lipinski definition) is 2. The Morgan fingerprint density at radius 3 is 2.72 bits per heavy atom. The van der Waals surface area contributed by atoms with Crippen LogP contribution in [0.1, 0.15) is 36.2 Å². The van der Waals surface area contributed by atoms with Gasteiger partial charge in [0.25, 0.3) is 0 Å². The summed E-state index contributed by atoms with van der Waals surface area (Å²) < 4.78 is 11.3. The molecule has 25 heavy (non-hydrogen) atoms. The molecule has 132 valence electrons.